The molecule has 1 amide bonds. The largest absolute Gasteiger partial charge is 0.478 e. The van der Waals surface area contributed by atoms with E-state index >= 15 is 0 Å². The SMILES string of the molecule is COCCN1C(=O)[C@H](Oc2cccc(S(C)(=O)=O)c2)[C@@H]1c1ccccc1C. The van der Waals surface area contributed by atoms with Crippen molar-refractivity contribution in [2.24, 2.45) is 0 Å². The number of aryl methyl sites for hydroxylation is 1. The average molecular weight is 389 g/mol. The number of amides is 1. The number of ether oxygens (including phenoxy) is 2. The molecule has 0 spiro atoms. The van der Waals surface area contributed by atoms with Gasteiger partial charge in [-0.2, -0.15) is 0 Å². The van der Waals surface area contributed by atoms with Crippen LogP contribution in [0.5, 0.6) is 5.75 Å². The Labute approximate surface area is 159 Å². The number of β-lactam (4-membered cyclic amide) rings is 1. The van der Waals surface area contributed by atoms with Crippen LogP contribution in [0.2, 0.25) is 0 Å². The van der Waals surface area contributed by atoms with Crippen LogP contribution in [0.1, 0.15) is 17.2 Å². The maximum atomic E-state index is 12.7. The number of hydrogen-bond donors (Lipinski definition) is 0. The zero-order valence-electron chi connectivity index (χ0n) is 15.6. The van der Waals surface area contributed by atoms with E-state index < -0.39 is 15.9 Å². The Morgan fingerprint density at radius 3 is 2.52 bits per heavy atom. The average Bonchev–Trinajstić information content (AvgIpc) is 2.64. The third-order valence-corrected chi connectivity index (χ3v) is 5.80. The van der Waals surface area contributed by atoms with Gasteiger partial charge in [0, 0.05) is 19.9 Å². The summed E-state index contributed by atoms with van der Waals surface area (Å²) in [6.45, 7) is 2.90. The van der Waals surface area contributed by atoms with Crippen LogP contribution in [0.15, 0.2) is 53.4 Å². The monoisotopic (exact) mass is 389 g/mol. The lowest BCUT2D eigenvalue weighted by Crippen LogP contribution is -2.62. The summed E-state index contributed by atoms with van der Waals surface area (Å²) in [5, 5.41) is 0. The lowest BCUT2D eigenvalue weighted by atomic mass is 9.88. The summed E-state index contributed by atoms with van der Waals surface area (Å²) >= 11 is 0. The van der Waals surface area contributed by atoms with E-state index in [2.05, 4.69) is 0 Å². The smallest absolute Gasteiger partial charge is 0.266 e. The molecule has 0 aromatic heterocycles. The second-order valence-electron chi connectivity index (χ2n) is 6.61. The van der Waals surface area contributed by atoms with Crippen LogP contribution < -0.4 is 4.74 Å². The Bertz CT molecular complexity index is 941. The molecule has 2 aromatic carbocycles. The predicted molar refractivity (Wildman–Crippen MR) is 101 cm³/mol. The van der Waals surface area contributed by atoms with Gasteiger partial charge in [0.1, 0.15) is 11.8 Å². The second kappa shape index (κ2) is 7.70. The van der Waals surface area contributed by atoms with E-state index in [-0.39, 0.29) is 16.8 Å². The van der Waals surface area contributed by atoms with Gasteiger partial charge in [0.05, 0.1) is 11.5 Å². The van der Waals surface area contributed by atoms with Crippen molar-refractivity contribution in [2.75, 3.05) is 26.5 Å². The summed E-state index contributed by atoms with van der Waals surface area (Å²) < 4.78 is 34.6. The van der Waals surface area contributed by atoms with Crippen LogP contribution in [-0.4, -0.2) is 51.8 Å². The third-order valence-electron chi connectivity index (χ3n) is 4.69. The van der Waals surface area contributed by atoms with Crippen molar-refractivity contribution in [1.82, 2.24) is 4.90 Å². The molecule has 2 atom stereocenters. The Hall–Kier alpha value is -2.38. The quantitative estimate of drug-likeness (QED) is 0.680. The first-order valence-corrected chi connectivity index (χ1v) is 10.5. The first kappa shape index (κ1) is 19.4. The molecule has 1 saturated heterocycles. The van der Waals surface area contributed by atoms with Gasteiger partial charge in [0.25, 0.3) is 5.91 Å². The molecule has 1 aliphatic rings. The topological polar surface area (TPSA) is 72.9 Å². The molecule has 1 aliphatic heterocycles. The molecule has 2 aromatic rings. The van der Waals surface area contributed by atoms with Crippen molar-refractivity contribution in [3.63, 3.8) is 0 Å². The van der Waals surface area contributed by atoms with Gasteiger partial charge in [-0.1, -0.05) is 30.3 Å². The fourth-order valence-electron chi connectivity index (χ4n) is 3.25. The van der Waals surface area contributed by atoms with Crippen LogP contribution in [-0.2, 0) is 19.4 Å². The Morgan fingerprint density at radius 1 is 1.11 bits per heavy atom. The number of carbonyl (C=O) groups is 1. The minimum atomic E-state index is -3.35. The van der Waals surface area contributed by atoms with Gasteiger partial charge in [-0.05, 0) is 36.2 Å². The van der Waals surface area contributed by atoms with Gasteiger partial charge in [-0.3, -0.25) is 4.79 Å². The first-order valence-electron chi connectivity index (χ1n) is 8.64. The summed E-state index contributed by atoms with van der Waals surface area (Å²) in [6, 6.07) is 13.9. The Morgan fingerprint density at radius 2 is 1.85 bits per heavy atom. The minimum absolute atomic E-state index is 0.134. The molecule has 3 rings (SSSR count). The van der Waals surface area contributed by atoms with Crippen LogP contribution in [0, 0.1) is 6.92 Å². The van der Waals surface area contributed by atoms with Crippen molar-refractivity contribution in [3.05, 3.63) is 59.7 Å². The predicted octanol–water partition coefficient (Wildman–Crippen LogP) is 2.38. The molecule has 0 bridgehead atoms. The molecule has 1 fully saturated rings. The minimum Gasteiger partial charge on any atom is -0.478 e. The van der Waals surface area contributed by atoms with E-state index in [0.717, 1.165) is 17.4 Å². The van der Waals surface area contributed by atoms with E-state index in [1.54, 1.807) is 24.1 Å². The molecule has 144 valence electrons. The van der Waals surface area contributed by atoms with Crippen molar-refractivity contribution >= 4 is 15.7 Å². The van der Waals surface area contributed by atoms with Gasteiger partial charge in [0.15, 0.2) is 9.84 Å². The van der Waals surface area contributed by atoms with Gasteiger partial charge < -0.3 is 14.4 Å². The highest BCUT2D eigenvalue weighted by Gasteiger charge is 2.50. The zero-order chi connectivity index (χ0) is 19.6. The van der Waals surface area contributed by atoms with Crippen LogP contribution >= 0.6 is 0 Å². The standard InChI is InChI=1S/C20H23NO5S/c1-14-7-4-5-10-17(14)18-19(20(22)21(18)11-12-25-2)26-15-8-6-9-16(13-15)27(3,23)24/h4-10,13,18-19H,11-12H2,1-3H3/t18-,19+/m0/s1. The lowest BCUT2D eigenvalue weighted by molar-refractivity contribution is -0.165. The maximum absolute atomic E-state index is 12.7. The van der Waals surface area contributed by atoms with Crippen LogP contribution in [0.3, 0.4) is 0 Å². The summed E-state index contributed by atoms with van der Waals surface area (Å²) in [4.78, 5) is 14.6. The Balaban J connectivity index is 1.89. The molecule has 7 heteroatoms. The molecule has 0 N–H and O–H groups in total. The molecule has 6 nitrogen and oxygen atoms in total. The third kappa shape index (κ3) is 3.99. The normalized spacial score (nSPS) is 19.7. The maximum Gasteiger partial charge on any atom is 0.266 e. The van der Waals surface area contributed by atoms with E-state index in [9.17, 15) is 13.2 Å². The molecular weight excluding hydrogens is 366 g/mol. The van der Waals surface area contributed by atoms with E-state index in [1.165, 1.54) is 12.1 Å². The van der Waals surface area contributed by atoms with E-state index in [1.807, 2.05) is 31.2 Å². The summed E-state index contributed by atoms with van der Waals surface area (Å²) in [5.41, 5.74) is 2.08. The van der Waals surface area contributed by atoms with Crippen molar-refractivity contribution in [3.8, 4) is 5.75 Å². The molecule has 0 unspecified atom stereocenters. The van der Waals surface area contributed by atoms with Crippen molar-refractivity contribution in [2.45, 2.75) is 24.0 Å². The van der Waals surface area contributed by atoms with Crippen molar-refractivity contribution in [1.29, 1.82) is 0 Å². The van der Waals surface area contributed by atoms with Gasteiger partial charge in [-0.25, -0.2) is 8.42 Å². The highest BCUT2D eigenvalue weighted by atomic mass is 32.2. The van der Waals surface area contributed by atoms with Crippen molar-refractivity contribution < 1.29 is 22.7 Å². The summed E-state index contributed by atoms with van der Waals surface area (Å²) in [6.07, 6.45) is 0.446. The number of benzene rings is 2. The molecule has 0 aliphatic carbocycles. The van der Waals surface area contributed by atoms with Gasteiger partial charge in [-0.15, -0.1) is 0 Å². The van der Waals surface area contributed by atoms with Crippen LogP contribution in [0.25, 0.3) is 0 Å². The molecular formula is C20H23NO5S. The zero-order valence-corrected chi connectivity index (χ0v) is 16.4. The highest BCUT2D eigenvalue weighted by Crippen LogP contribution is 2.39. The number of nitrogens with zero attached hydrogens (tertiary/aromatic N) is 1. The number of carbonyl (C=O) groups excluding carboxylic acids is 1. The molecule has 0 radical (unpaired) electrons. The Kier molecular flexibility index (Phi) is 5.53. The van der Waals surface area contributed by atoms with E-state index in [0.29, 0.717) is 18.9 Å². The van der Waals surface area contributed by atoms with Crippen LogP contribution in [0.4, 0.5) is 0 Å². The first-order chi connectivity index (χ1) is 12.8. The number of methoxy groups -OCH3 is 1. The highest BCUT2D eigenvalue weighted by molar-refractivity contribution is 7.90. The number of sulfone groups is 1. The summed E-state index contributed by atoms with van der Waals surface area (Å²) in [5.74, 6) is 0.228. The molecule has 27 heavy (non-hydrogen) atoms. The number of likely N-dealkylation sites (tertiary alicyclic amines) is 1. The lowest BCUT2D eigenvalue weighted by Gasteiger charge is -2.47. The fraction of sp³-hybridized carbons (Fsp3) is 0.350. The number of hydrogen-bond acceptors (Lipinski definition) is 5. The van der Waals surface area contributed by atoms with Gasteiger partial charge >= 0.3 is 0 Å². The summed E-state index contributed by atoms with van der Waals surface area (Å²) in [7, 11) is -1.76. The second-order valence-corrected chi connectivity index (χ2v) is 8.63. The fourth-order valence-corrected chi connectivity index (χ4v) is 3.90. The molecule has 1 heterocycles. The molecule has 0 saturated carbocycles. The van der Waals surface area contributed by atoms with Gasteiger partial charge in [0.2, 0.25) is 6.10 Å². The van der Waals surface area contributed by atoms with E-state index in [4.69, 9.17) is 9.47 Å². The number of rotatable bonds is 7.